The first-order valence-corrected chi connectivity index (χ1v) is 4.99. The van der Waals surface area contributed by atoms with Crippen molar-refractivity contribution in [3.63, 3.8) is 0 Å². The van der Waals surface area contributed by atoms with Crippen LogP contribution >= 0.6 is 0 Å². The van der Waals surface area contributed by atoms with Crippen molar-refractivity contribution in [1.29, 1.82) is 0 Å². The van der Waals surface area contributed by atoms with E-state index in [4.69, 9.17) is 4.74 Å². The van der Waals surface area contributed by atoms with Crippen LogP contribution in [0.3, 0.4) is 0 Å². The van der Waals surface area contributed by atoms with Gasteiger partial charge in [-0.15, -0.1) is 0 Å². The van der Waals surface area contributed by atoms with Gasteiger partial charge >= 0.3 is 5.97 Å². The van der Waals surface area contributed by atoms with E-state index in [1.54, 1.807) is 29.0 Å². The number of fused-ring (bicyclic) bond motifs is 1. The quantitative estimate of drug-likeness (QED) is 0.685. The highest BCUT2D eigenvalue weighted by Gasteiger charge is 2.19. The molecule has 0 aliphatic rings. The predicted molar refractivity (Wildman–Crippen MR) is 58.2 cm³/mol. The average molecular weight is 219 g/mol. The third kappa shape index (κ3) is 2.18. The normalized spacial score (nSPS) is 11.7. The summed E-state index contributed by atoms with van der Waals surface area (Å²) in [6, 6.07) is 3.32. The lowest BCUT2D eigenvalue weighted by molar-refractivity contribution is 0.00630. The van der Waals surface area contributed by atoms with Crippen LogP contribution in [0.4, 0.5) is 0 Å². The maximum atomic E-state index is 11.7. The molecule has 0 unspecified atom stereocenters. The van der Waals surface area contributed by atoms with Crippen LogP contribution in [0.15, 0.2) is 24.5 Å². The van der Waals surface area contributed by atoms with E-state index >= 15 is 0 Å². The van der Waals surface area contributed by atoms with E-state index in [1.165, 1.54) is 0 Å². The van der Waals surface area contributed by atoms with Gasteiger partial charge in [0.2, 0.25) is 0 Å². The number of esters is 1. The number of ether oxygens (including phenoxy) is 1. The van der Waals surface area contributed by atoms with E-state index in [-0.39, 0.29) is 0 Å². The topological polar surface area (TPSA) is 56.5 Å². The van der Waals surface area contributed by atoms with Gasteiger partial charge in [0.05, 0.1) is 6.20 Å². The zero-order valence-electron chi connectivity index (χ0n) is 9.47. The Labute approximate surface area is 93.1 Å². The first kappa shape index (κ1) is 10.6. The minimum absolute atomic E-state index is 0.294. The van der Waals surface area contributed by atoms with E-state index in [0.29, 0.717) is 11.3 Å². The summed E-state index contributed by atoms with van der Waals surface area (Å²) in [5.74, 6) is -0.420. The van der Waals surface area contributed by atoms with Crippen molar-refractivity contribution in [3.05, 3.63) is 30.2 Å². The smallest absolute Gasteiger partial charge is 0.357 e. The molecule has 2 rings (SSSR count). The Morgan fingerprint density at radius 1 is 1.38 bits per heavy atom. The molecule has 2 heterocycles. The number of nitrogens with zero attached hydrogens (tertiary/aromatic N) is 3. The van der Waals surface area contributed by atoms with Crippen LogP contribution in [0.1, 0.15) is 31.3 Å². The molecule has 0 saturated heterocycles. The van der Waals surface area contributed by atoms with E-state index in [0.717, 1.165) is 0 Å². The molecule has 0 amide bonds. The number of aromatic nitrogens is 3. The molecule has 5 nitrogen and oxygen atoms in total. The molecule has 0 saturated carbocycles. The van der Waals surface area contributed by atoms with Crippen molar-refractivity contribution < 1.29 is 9.53 Å². The second kappa shape index (κ2) is 3.59. The summed E-state index contributed by atoms with van der Waals surface area (Å²) in [5.41, 5.74) is 0.414. The lowest BCUT2D eigenvalue weighted by Crippen LogP contribution is -2.24. The molecule has 2 aromatic heterocycles. The molecule has 5 heteroatoms. The number of rotatable bonds is 1. The monoisotopic (exact) mass is 219 g/mol. The Kier molecular flexibility index (Phi) is 2.38. The van der Waals surface area contributed by atoms with Crippen LogP contribution in [-0.4, -0.2) is 26.2 Å². The number of hydrogen-bond donors (Lipinski definition) is 0. The van der Waals surface area contributed by atoms with Crippen LogP contribution in [0, 0.1) is 0 Å². The minimum atomic E-state index is -0.509. The molecular weight excluding hydrogens is 206 g/mol. The number of carbonyl (C=O) groups is 1. The summed E-state index contributed by atoms with van der Waals surface area (Å²) in [4.78, 5) is 15.9. The minimum Gasteiger partial charge on any atom is -0.455 e. The number of carbonyl (C=O) groups excluding carboxylic acids is 1. The highest BCUT2D eigenvalue weighted by molar-refractivity contribution is 5.87. The zero-order valence-corrected chi connectivity index (χ0v) is 9.47. The Hall–Kier alpha value is -1.91. The molecule has 84 valence electrons. The second-order valence-corrected chi connectivity index (χ2v) is 4.45. The Morgan fingerprint density at radius 2 is 2.12 bits per heavy atom. The molecule has 0 spiro atoms. The molecule has 0 radical (unpaired) electrons. The molecule has 0 aromatic carbocycles. The van der Waals surface area contributed by atoms with Gasteiger partial charge < -0.3 is 4.74 Å². The van der Waals surface area contributed by atoms with E-state index in [1.807, 2.05) is 20.8 Å². The molecular formula is C11H13N3O2. The fourth-order valence-electron chi connectivity index (χ4n) is 1.26. The van der Waals surface area contributed by atoms with Crippen LogP contribution < -0.4 is 0 Å². The van der Waals surface area contributed by atoms with Gasteiger partial charge in [0.15, 0.2) is 11.3 Å². The Morgan fingerprint density at radius 3 is 2.81 bits per heavy atom. The summed E-state index contributed by atoms with van der Waals surface area (Å²) in [5, 5.41) is 4.00. The Bertz CT molecular complexity index is 525. The maximum absolute atomic E-state index is 11.7. The van der Waals surface area contributed by atoms with Crippen LogP contribution in [0.2, 0.25) is 0 Å². The van der Waals surface area contributed by atoms with Crippen molar-refractivity contribution in [3.8, 4) is 0 Å². The molecule has 0 bridgehead atoms. The van der Waals surface area contributed by atoms with Gasteiger partial charge in [0.25, 0.3) is 0 Å². The summed E-state index contributed by atoms with van der Waals surface area (Å²) in [7, 11) is 0. The molecule has 0 atom stereocenters. The van der Waals surface area contributed by atoms with Crippen molar-refractivity contribution in [2.45, 2.75) is 26.4 Å². The fourth-order valence-corrected chi connectivity index (χ4v) is 1.26. The van der Waals surface area contributed by atoms with Crippen molar-refractivity contribution in [1.82, 2.24) is 14.6 Å². The summed E-state index contributed by atoms with van der Waals surface area (Å²) in [6.07, 6.45) is 3.31. The summed E-state index contributed by atoms with van der Waals surface area (Å²) < 4.78 is 6.81. The van der Waals surface area contributed by atoms with Crippen molar-refractivity contribution in [2.75, 3.05) is 0 Å². The highest BCUT2D eigenvalue weighted by atomic mass is 16.6. The van der Waals surface area contributed by atoms with Crippen LogP contribution in [-0.2, 0) is 4.74 Å². The lowest BCUT2D eigenvalue weighted by atomic mass is 10.2. The third-order valence-electron chi connectivity index (χ3n) is 1.87. The van der Waals surface area contributed by atoms with Crippen molar-refractivity contribution in [2.24, 2.45) is 0 Å². The van der Waals surface area contributed by atoms with Crippen molar-refractivity contribution >= 4 is 11.6 Å². The number of hydrogen-bond acceptors (Lipinski definition) is 4. The molecule has 0 aliphatic heterocycles. The summed E-state index contributed by atoms with van der Waals surface area (Å²) >= 11 is 0. The van der Waals surface area contributed by atoms with E-state index < -0.39 is 11.6 Å². The van der Waals surface area contributed by atoms with Crippen LogP contribution in [0.5, 0.6) is 0 Å². The molecule has 2 aromatic rings. The molecule has 16 heavy (non-hydrogen) atoms. The van der Waals surface area contributed by atoms with Gasteiger partial charge in [0.1, 0.15) is 5.60 Å². The van der Waals surface area contributed by atoms with Gasteiger partial charge in [0, 0.05) is 12.3 Å². The SMILES string of the molecule is CC(C)(C)OC(=O)c1ccn2nccc2n1. The molecule has 0 fully saturated rings. The van der Waals surface area contributed by atoms with Crippen LogP contribution in [0.25, 0.3) is 5.65 Å². The van der Waals surface area contributed by atoms with E-state index in [9.17, 15) is 4.79 Å². The average Bonchev–Trinajstić information content (AvgIpc) is 2.61. The third-order valence-corrected chi connectivity index (χ3v) is 1.87. The van der Waals surface area contributed by atoms with Gasteiger partial charge in [-0.05, 0) is 26.8 Å². The van der Waals surface area contributed by atoms with Gasteiger partial charge in [-0.1, -0.05) is 0 Å². The lowest BCUT2D eigenvalue weighted by Gasteiger charge is -2.18. The largest absolute Gasteiger partial charge is 0.455 e. The molecule has 0 aliphatic carbocycles. The predicted octanol–water partition coefficient (Wildman–Crippen LogP) is 1.68. The maximum Gasteiger partial charge on any atom is 0.357 e. The van der Waals surface area contributed by atoms with E-state index in [2.05, 4.69) is 10.1 Å². The van der Waals surface area contributed by atoms with Gasteiger partial charge in [-0.25, -0.2) is 14.3 Å². The van der Waals surface area contributed by atoms with Gasteiger partial charge in [-0.3, -0.25) is 0 Å². The van der Waals surface area contributed by atoms with Gasteiger partial charge in [-0.2, -0.15) is 5.10 Å². The highest BCUT2D eigenvalue weighted by Crippen LogP contribution is 2.11. The summed E-state index contributed by atoms with van der Waals surface area (Å²) in [6.45, 7) is 5.47. The first-order chi connectivity index (χ1) is 7.46. The second-order valence-electron chi connectivity index (χ2n) is 4.45. The Balaban J connectivity index is 2.29. The molecule has 0 N–H and O–H groups in total. The zero-order chi connectivity index (χ0) is 11.8. The standard InChI is InChI=1S/C11H13N3O2/c1-11(2,3)16-10(15)8-5-7-14-9(13-8)4-6-12-14/h4-7H,1-3H3. The fraction of sp³-hybridized carbons (Fsp3) is 0.364. The first-order valence-electron chi connectivity index (χ1n) is 4.99.